The Morgan fingerprint density at radius 2 is 1.23 bits per heavy atom. The molecule has 1 unspecified atom stereocenters. The zero-order valence-corrected chi connectivity index (χ0v) is 22.8. The van der Waals surface area contributed by atoms with Crippen molar-refractivity contribution in [3.05, 3.63) is 59.7 Å². The lowest BCUT2D eigenvalue weighted by Gasteiger charge is -2.32. The van der Waals surface area contributed by atoms with Crippen LogP contribution in [0.3, 0.4) is 0 Å². The number of ether oxygens (including phenoxy) is 1. The molecule has 0 aliphatic heterocycles. The van der Waals surface area contributed by atoms with Crippen molar-refractivity contribution in [3.63, 3.8) is 0 Å². The van der Waals surface area contributed by atoms with Gasteiger partial charge in [-0.2, -0.15) is 39.5 Å². The number of anilines is 2. The SMILES string of the molecule is CC(C)(C)OC(=O)NC(Cc1ccc(NC(=O)C(F)(F)C(F)(F)C(F)(F)C(F)(F)F)cc1)C(=O)Nc1ccc(C(=O)O)cc1. The van der Waals surface area contributed by atoms with E-state index in [4.69, 9.17) is 9.84 Å². The van der Waals surface area contributed by atoms with Crippen molar-refractivity contribution in [1.82, 2.24) is 5.32 Å². The summed E-state index contributed by atoms with van der Waals surface area (Å²) in [6.45, 7) is 4.59. The topological polar surface area (TPSA) is 134 Å². The number of rotatable bonds is 10. The lowest BCUT2D eigenvalue weighted by Crippen LogP contribution is -2.64. The van der Waals surface area contributed by atoms with Crippen LogP contribution < -0.4 is 16.0 Å². The van der Waals surface area contributed by atoms with Gasteiger partial charge in [0, 0.05) is 17.8 Å². The van der Waals surface area contributed by atoms with Crippen LogP contribution in [0.4, 0.5) is 55.7 Å². The standard InChI is InChI=1S/C26H24F9N3O6/c1-22(2,3)44-21(43)38-17(18(39)36-15-10-6-14(7-11-15)19(40)41)12-13-4-8-16(9-5-13)37-20(42)23(27,28)24(29,30)25(31,32)26(33,34)35/h4-11,17H,12H2,1-3H3,(H,36,39)(H,37,42)(H,38,43)(H,40,41). The number of alkyl halides is 9. The van der Waals surface area contributed by atoms with E-state index in [0.717, 1.165) is 29.6 Å². The summed E-state index contributed by atoms with van der Waals surface area (Å²) in [6, 6.07) is 7.13. The van der Waals surface area contributed by atoms with Crippen molar-refractivity contribution in [1.29, 1.82) is 0 Å². The van der Waals surface area contributed by atoms with Crippen molar-refractivity contribution in [2.24, 2.45) is 0 Å². The van der Waals surface area contributed by atoms with Gasteiger partial charge in [0.2, 0.25) is 5.91 Å². The Balaban J connectivity index is 2.24. The molecule has 44 heavy (non-hydrogen) atoms. The molecule has 2 aromatic carbocycles. The summed E-state index contributed by atoms with van der Waals surface area (Å²) in [5.74, 6) is -26.1. The monoisotopic (exact) mass is 645 g/mol. The molecule has 0 fully saturated rings. The lowest BCUT2D eigenvalue weighted by atomic mass is 10.0. The van der Waals surface area contributed by atoms with Gasteiger partial charge in [-0.3, -0.25) is 9.59 Å². The second kappa shape index (κ2) is 12.6. The molecule has 242 valence electrons. The molecule has 3 amide bonds. The number of halogens is 9. The minimum Gasteiger partial charge on any atom is -0.478 e. The van der Waals surface area contributed by atoms with E-state index < -0.39 is 65.2 Å². The molecule has 0 bridgehead atoms. The van der Waals surface area contributed by atoms with E-state index in [-0.39, 0.29) is 23.2 Å². The quantitative estimate of drug-likeness (QED) is 0.239. The molecule has 0 spiro atoms. The van der Waals surface area contributed by atoms with Crippen LogP contribution in [0, 0.1) is 0 Å². The van der Waals surface area contributed by atoms with Gasteiger partial charge in [0.1, 0.15) is 11.6 Å². The first-order valence-electron chi connectivity index (χ1n) is 12.1. The average Bonchev–Trinajstić information content (AvgIpc) is 2.87. The number of carboxylic acids is 1. The highest BCUT2D eigenvalue weighted by molar-refractivity contribution is 5.98. The largest absolute Gasteiger partial charge is 0.478 e. The van der Waals surface area contributed by atoms with Crippen molar-refractivity contribution >= 4 is 35.3 Å². The van der Waals surface area contributed by atoms with Crippen molar-refractivity contribution in [3.8, 4) is 0 Å². The molecular weight excluding hydrogens is 621 g/mol. The molecule has 0 aliphatic carbocycles. The zero-order valence-electron chi connectivity index (χ0n) is 22.8. The molecule has 2 rings (SSSR count). The van der Waals surface area contributed by atoms with E-state index in [1.54, 1.807) is 0 Å². The molecular formula is C26H24F9N3O6. The fourth-order valence-electron chi connectivity index (χ4n) is 3.27. The first-order valence-corrected chi connectivity index (χ1v) is 12.1. The number of carbonyl (C=O) groups excluding carboxylic acids is 3. The van der Waals surface area contributed by atoms with Gasteiger partial charge in [-0.25, -0.2) is 9.59 Å². The van der Waals surface area contributed by atoms with Gasteiger partial charge in [0.15, 0.2) is 0 Å². The number of nitrogens with one attached hydrogen (secondary N) is 3. The maximum absolute atomic E-state index is 13.9. The lowest BCUT2D eigenvalue weighted by molar-refractivity contribution is -0.388. The number of amides is 3. The zero-order chi connectivity index (χ0) is 33.9. The maximum Gasteiger partial charge on any atom is 0.460 e. The third-order valence-corrected chi connectivity index (χ3v) is 5.49. The highest BCUT2D eigenvalue weighted by Gasteiger charge is 2.83. The number of benzene rings is 2. The molecule has 4 N–H and O–H groups in total. The summed E-state index contributed by atoms with van der Waals surface area (Å²) >= 11 is 0. The minimum absolute atomic E-state index is 0.0887. The van der Waals surface area contributed by atoms with Gasteiger partial charge in [0.05, 0.1) is 5.56 Å². The Bertz CT molecular complexity index is 1370. The second-order valence-electron chi connectivity index (χ2n) is 10.1. The minimum atomic E-state index is -7.25. The first kappa shape index (κ1) is 35.7. The van der Waals surface area contributed by atoms with E-state index in [1.807, 2.05) is 0 Å². The summed E-state index contributed by atoms with van der Waals surface area (Å²) in [5.41, 5.74) is -1.53. The molecule has 9 nitrogen and oxygen atoms in total. The number of carboxylic acid groups (broad SMARTS) is 1. The van der Waals surface area contributed by atoms with Crippen molar-refractivity contribution in [2.75, 3.05) is 10.6 Å². The van der Waals surface area contributed by atoms with Crippen LogP contribution in [0.1, 0.15) is 36.7 Å². The Labute approximate surface area is 242 Å². The fraction of sp³-hybridized carbons (Fsp3) is 0.385. The molecule has 0 heterocycles. The van der Waals surface area contributed by atoms with Crippen molar-refractivity contribution < 1.29 is 68.5 Å². The smallest absolute Gasteiger partial charge is 0.460 e. The number of hydrogen-bond acceptors (Lipinski definition) is 5. The van der Waals surface area contributed by atoms with E-state index >= 15 is 0 Å². The Kier molecular flexibility index (Phi) is 10.2. The van der Waals surface area contributed by atoms with Crippen LogP contribution in [-0.2, 0) is 20.7 Å². The highest BCUT2D eigenvalue weighted by atomic mass is 19.4. The van der Waals surface area contributed by atoms with Crippen LogP contribution in [0.5, 0.6) is 0 Å². The van der Waals surface area contributed by atoms with Gasteiger partial charge >= 0.3 is 41.9 Å². The fourth-order valence-corrected chi connectivity index (χ4v) is 3.27. The second-order valence-corrected chi connectivity index (χ2v) is 10.1. The molecule has 0 radical (unpaired) electrons. The Morgan fingerprint density at radius 1 is 0.750 bits per heavy atom. The molecule has 0 saturated carbocycles. The maximum atomic E-state index is 13.9. The molecule has 18 heteroatoms. The first-order chi connectivity index (χ1) is 19.9. The molecule has 0 saturated heterocycles. The molecule has 1 atom stereocenters. The summed E-state index contributed by atoms with van der Waals surface area (Å²) in [6.07, 6.45) is -8.49. The van der Waals surface area contributed by atoms with E-state index in [1.165, 1.54) is 45.0 Å². The summed E-state index contributed by atoms with van der Waals surface area (Å²) in [5, 5.41) is 14.9. The number of aromatic carboxylic acids is 1. The van der Waals surface area contributed by atoms with E-state index in [2.05, 4.69) is 10.6 Å². The van der Waals surface area contributed by atoms with Crippen LogP contribution in [0.15, 0.2) is 48.5 Å². The molecule has 0 aromatic heterocycles. The normalized spacial score (nSPS) is 13.5. The van der Waals surface area contributed by atoms with E-state index in [9.17, 15) is 58.7 Å². The number of hydrogen-bond donors (Lipinski definition) is 4. The van der Waals surface area contributed by atoms with Gasteiger partial charge in [-0.1, -0.05) is 12.1 Å². The van der Waals surface area contributed by atoms with Crippen molar-refractivity contribution in [2.45, 2.75) is 62.8 Å². The Morgan fingerprint density at radius 3 is 1.68 bits per heavy atom. The number of carbonyl (C=O) groups is 4. The van der Waals surface area contributed by atoms with Gasteiger partial charge in [-0.15, -0.1) is 0 Å². The van der Waals surface area contributed by atoms with Gasteiger partial charge < -0.3 is 25.8 Å². The van der Waals surface area contributed by atoms with Crippen LogP contribution in [0.25, 0.3) is 0 Å². The van der Waals surface area contributed by atoms with Crippen LogP contribution in [0.2, 0.25) is 0 Å². The third kappa shape index (κ3) is 8.31. The predicted molar refractivity (Wildman–Crippen MR) is 135 cm³/mol. The third-order valence-electron chi connectivity index (χ3n) is 5.49. The number of alkyl carbamates (subject to hydrolysis) is 1. The molecule has 0 aliphatic rings. The summed E-state index contributed by atoms with van der Waals surface area (Å²) < 4.78 is 123. The van der Waals surface area contributed by atoms with Crippen LogP contribution in [-0.4, -0.2) is 64.6 Å². The van der Waals surface area contributed by atoms with E-state index in [0.29, 0.717) is 0 Å². The summed E-state index contributed by atoms with van der Waals surface area (Å²) in [7, 11) is 0. The Hall–Kier alpha value is -4.51. The molecule has 2 aromatic rings. The van der Waals surface area contributed by atoms with Gasteiger partial charge in [0.25, 0.3) is 0 Å². The van der Waals surface area contributed by atoms with Gasteiger partial charge in [-0.05, 0) is 62.7 Å². The summed E-state index contributed by atoms with van der Waals surface area (Å²) in [4.78, 5) is 48.0. The highest BCUT2D eigenvalue weighted by Crippen LogP contribution is 2.53. The average molecular weight is 645 g/mol. The predicted octanol–water partition coefficient (Wildman–Crippen LogP) is 5.87. The van der Waals surface area contributed by atoms with Crippen LogP contribution >= 0.6 is 0 Å².